The molecule has 0 saturated carbocycles. The summed E-state index contributed by atoms with van der Waals surface area (Å²) in [5.41, 5.74) is 3.67. The lowest BCUT2D eigenvalue weighted by molar-refractivity contribution is -0.139. The van der Waals surface area contributed by atoms with Crippen molar-refractivity contribution in [1.29, 1.82) is 0 Å². The number of carbonyl (C=O) groups excluding carboxylic acids is 1. The molecule has 0 radical (unpaired) electrons. The van der Waals surface area contributed by atoms with Crippen LogP contribution in [0, 0.1) is 0 Å². The molecule has 0 spiro atoms. The number of ether oxygens (including phenoxy) is 3. The Morgan fingerprint density at radius 1 is 1.08 bits per heavy atom. The lowest BCUT2D eigenvalue weighted by atomic mass is 9.95. The number of nitrogens with one attached hydrogen (secondary N) is 1. The fourth-order valence-corrected chi connectivity index (χ4v) is 4.26. The van der Waals surface area contributed by atoms with E-state index in [4.69, 9.17) is 19.3 Å². The van der Waals surface area contributed by atoms with Crippen LogP contribution in [-0.4, -0.2) is 39.4 Å². The summed E-state index contributed by atoms with van der Waals surface area (Å²) in [4.78, 5) is 22.0. The molecule has 37 heavy (non-hydrogen) atoms. The van der Waals surface area contributed by atoms with Crippen molar-refractivity contribution in [3.63, 3.8) is 0 Å². The molecule has 3 heterocycles. The van der Waals surface area contributed by atoms with Gasteiger partial charge in [-0.2, -0.15) is 4.98 Å². The van der Waals surface area contributed by atoms with Crippen LogP contribution in [0.3, 0.4) is 0 Å². The van der Waals surface area contributed by atoms with Crippen LogP contribution in [0.5, 0.6) is 11.5 Å². The van der Waals surface area contributed by atoms with Gasteiger partial charge in [-0.3, -0.25) is 4.98 Å². The van der Waals surface area contributed by atoms with Gasteiger partial charge < -0.3 is 19.5 Å². The Kier molecular flexibility index (Phi) is 6.85. The number of pyridine rings is 1. The number of aromatic nitrogens is 4. The minimum Gasteiger partial charge on any atom is -0.493 e. The van der Waals surface area contributed by atoms with E-state index in [0.717, 1.165) is 16.7 Å². The maximum atomic E-state index is 13.1. The summed E-state index contributed by atoms with van der Waals surface area (Å²) in [5.74, 6) is 1.72. The smallest absolute Gasteiger partial charge is 0.338 e. The summed E-state index contributed by atoms with van der Waals surface area (Å²) >= 11 is 0. The minimum absolute atomic E-state index is 0.253. The highest BCUT2D eigenvalue weighted by atomic mass is 16.5. The predicted molar refractivity (Wildman–Crippen MR) is 138 cm³/mol. The number of nitrogens with zero attached hydrogens (tertiary/aromatic N) is 4. The van der Waals surface area contributed by atoms with Crippen molar-refractivity contribution in [3.05, 3.63) is 95.5 Å². The summed E-state index contributed by atoms with van der Waals surface area (Å²) < 4.78 is 18.8. The number of esters is 1. The SMILES string of the molecule is CCOC(=O)C1=C(C)Nc2nc(-c3cccnc3)nn2C1c1ccc(OCc2ccccc2)c(OC)c1. The second-order valence-corrected chi connectivity index (χ2v) is 8.42. The Bertz CT molecular complexity index is 1430. The number of rotatable bonds is 8. The molecule has 188 valence electrons. The van der Waals surface area contributed by atoms with Gasteiger partial charge in [0, 0.05) is 23.7 Å². The zero-order valence-electron chi connectivity index (χ0n) is 20.8. The fraction of sp³-hybridized carbons (Fsp3) is 0.214. The minimum atomic E-state index is -0.592. The molecule has 9 heteroatoms. The number of anilines is 1. The third kappa shape index (κ3) is 4.88. The van der Waals surface area contributed by atoms with Crippen LogP contribution in [0.25, 0.3) is 11.4 Å². The Hall–Kier alpha value is -4.66. The fourth-order valence-electron chi connectivity index (χ4n) is 4.26. The Labute approximate surface area is 214 Å². The van der Waals surface area contributed by atoms with E-state index in [1.54, 1.807) is 31.1 Å². The van der Waals surface area contributed by atoms with Crippen LogP contribution in [0.4, 0.5) is 5.95 Å². The molecule has 1 atom stereocenters. The van der Waals surface area contributed by atoms with E-state index in [1.807, 2.05) is 67.6 Å². The first-order valence-corrected chi connectivity index (χ1v) is 12.0. The second-order valence-electron chi connectivity index (χ2n) is 8.42. The molecule has 0 saturated heterocycles. The van der Waals surface area contributed by atoms with Crippen LogP contribution in [0.1, 0.15) is 31.0 Å². The van der Waals surface area contributed by atoms with Gasteiger partial charge in [-0.05, 0) is 49.2 Å². The molecule has 0 aliphatic carbocycles. The highest BCUT2D eigenvalue weighted by Gasteiger charge is 2.35. The number of allylic oxidation sites excluding steroid dienone is 1. The van der Waals surface area contributed by atoms with Crippen molar-refractivity contribution in [2.75, 3.05) is 19.0 Å². The van der Waals surface area contributed by atoms with Gasteiger partial charge in [0.05, 0.1) is 19.3 Å². The molecular formula is C28H27N5O4. The molecule has 1 unspecified atom stereocenters. The molecule has 2 aromatic carbocycles. The van der Waals surface area contributed by atoms with Gasteiger partial charge in [0.1, 0.15) is 12.6 Å². The molecule has 0 amide bonds. The third-order valence-corrected chi connectivity index (χ3v) is 6.01. The van der Waals surface area contributed by atoms with Crippen LogP contribution in [-0.2, 0) is 16.1 Å². The first-order valence-electron chi connectivity index (χ1n) is 12.0. The summed E-state index contributed by atoms with van der Waals surface area (Å²) in [6.07, 6.45) is 3.39. The summed E-state index contributed by atoms with van der Waals surface area (Å²) in [6.45, 7) is 4.26. The zero-order chi connectivity index (χ0) is 25.8. The Morgan fingerprint density at radius 3 is 2.65 bits per heavy atom. The standard InChI is InChI=1S/C28H27N5O4/c1-4-36-27(34)24-18(2)30-28-31-26(21-11-8-14-29-16-21)32-33(28)25(24)20-12-13-22(23(15-20)35-3)37-17-19-9-6-5-7-10-19/h5-16,25H,4,17H2,1-3H3,(H,30,31,32). The monoisotopic (exact) mass is 497 g/mol. The van der Waals surface area contributed by atoms with E-state index in [1.165, 1.54) is 0 Å². The van der Waals surface area contributed by atoms with Crippen molar-refractivity contribution < 1.29 is 19.0 Å². The second kappa shape index (κ2) is 10.5. The van der Waals surface area contributed by atoms with Crippen molar-refractivity contribution in [2.45, 2.75) is 26.5 Å². The van der Waals surface area contributed by atoms with Crippen LogP contribution < -0.4 is 14.8 Å². The van der Waals surface area contributed by atoms with E-state index < -0.39 is 12.0 Å². The topological polar surface area (TPSA) is 100 Å². The maximum absolute atomic E-state index is 13.1. The van der Waals surface area contributed by atoms with Crippen LogP contribution in [0.15, 0.2) is 84.3 Å². The number of fused-ring (bicyclic) bond motifs is 1. The van der Waals surface area contributed by atoms with Gasteiger partial charge in [0.25, 0.3) is 0 Å². The van der Waals surface area contributed by atoms with Gasteiger partial charge in [0.15, 0.2) is 17.3 Å². The zero-order valence-corrected chi connectivity index (χ0v) is 20.8. The third-order valence-electron chi connectivity index (χ3n) is 6.01. The normalized spacial score (nSPS) is 14.5. The van der Waals surface area contributed by atoms with E-state index in [-0.39, 0.29) is 6.61 Å². The van der Waals surface area contributed by atoms with E-state index in [0.29, 0.717) is 41.1 Å². The molecule has 4 aromatic rings. The quantitative estimate of drug-likeness (QED) is 0.347. The molecule has 1 aliphatic rings. The van der Waals surface area contributed by atoms with Crippen molar-refractivity contribution in [1.82, 2.24) is 19.7 Å². The number of hydrogen-bond acceptors (Lipinski definition) is 8. The Balaban J connectivity index is 1.55. The van der Waals surface area contributed by atoms with Crippen LogP contribution in [0.2, 0.25) is 0 Å². The molecule has 2 aromatic heterocycles. The van der Waals surface area contributed by atoms with Crippen molar-refractivity contribution >= 4 is 11.9 Å². The van der Waals surface area contributed by atoms with E-state index in [9.17, 15) is 4.79 Å². The first-order chi connectivity index (χ1) is 18.1. The lowest BCUT2D eigenvalue weighted by Gasteiger charge is -2.28. The van der Waals surface area contributed by atoms with Gasteiger partial charge in [-0.15, -0.1) is 5.10 Å². The number of methoxy groups -OCH3 is 1. The number of carbonyl (C=O) groups is 1. The summed E-state index contributed by atoms with van der Waals surface area (Å²) in [7, 11) is 1.59. The Morgan fingerprint density at radius 2 is 1.92 bits per heavy atom. The van der Waals surface area contributed by atoms with Crippen molar-refractivity contribution in [3.8, 4) is 22.9 Å². The maximum Gasteiger partial charge on any atom is 0.338 e. The van der Waals surface area contributed by atoms with Crippen molar-refractivity contribution in [2.24, 2.45) is 0 Å². The highest BCUT2D eigenvalue weighted by molar-refractivity contribution is 5.92. The highest BCUT2D eigenvalue weighted by Crippen LogP contribution is 2.40. The number of hydrogen-bond donors (Lipinski definition) is 1. The van der Waals surface area contributed by atoms with Gasteiger partial charge in [-0.1, -0.05) is 36.4 Å². The largest absolute Gasteiger partial charge is 0.493 e. The van der Waals surface area contributed by atoms with E-state index >= 15 is 0 Å². The molecule has 9 nitrogen and oxygen atoms in total. The molecule has 0 fully saturated rings. The average molecular weight is 498 g/mol. The summed E-state index contributed by atoms with van der Waals surface area (Å²) in [5, 5.41) is 7.96. The number of benzene rings is 2. The predicted octanol–water partition coefficient (Wildman–Crippen LogP) is 4.78. The first kappa shape index (κ1) is 24.1. The molecular weight excluding hydrogens is 470 g/mol. The molecule has 1 aliphatic heterocycles. The van der Waals surface area contributed by atoms with Gasteiger partial charge >= 0.3 is 5.97 Å². The average Bonchev–Trinajstić information content (AvgIpc) is 3.36. The molecule has 5 rings (SSSR count). The van der Waals surface area contributed by atoms with Gasteiger partial charge in [0.2, 0.25) is 5.95 Å². The summed E-state index contributed by atoms with van der Waals surface area (Å²) in [6, 6.07) is 18.6. The van der Waals surface area contributed by atoms with Gasteiger partial charge in [-0.25, -0.2) is 9.48 Å². The lowest BCUT2D eigenvalue weighted by Crippen LogP contribution is -2.29. The molecule has 0 bridgehead atoms. The molecule has 1 N–H and O–H groups in total. The van der Waals surface area contributed by atoms with Crippen LogP contribution >= 0.6 is 0 Å². The van der Waals surface area contributed by atoms with E-state index in [2.05, 4.69) is 15.3 Å².